The van der Waals surface area contributed by atoms with E-state index in [2.05, 4.69) is 30.6 Å². The van der Waals surface area contributed by atoms with Gasteiger partial charge in [0.05, 0.1) is 17.0 Å². The number of hydrogen-bond donors (Lipinski definition) is 2. The minimum atomic E-state index is -4.41. The van der Waals surface area contributed by atoms with E-state index in [9.17, 15) is 31.5 Å². The van der Waals surface area contributed by atoms with Crippen molar-refractivity contribution in [1.82, 2.24) is 30.6 Å². The Balaban J connectivity index is 0.000000228. The summed E-state index contributed by atoms with van der Waals surface area (Å²) in [5.74, 6) is -2.37. The van der Waals surface area contributed by atoms with E-state index in [1.165, 1.54) is 30.9 Å². The molecule has 2 aromatic heterocycles. The van der Waals surface area contributed by atoms with E-state index in [1.807, 2.05) is 67.5 Å². The number of amides is 2. The highest BCUT2D eigenvalue weighted by Gasteiger charge is 2.30. The first-order chi connectivity index (χ1) is 28.2. The second-order valence-electron chi connectivity index (χ2n) is 16.2. The summed E-state index contributed by atoms with van der Waals surface area (Å²) in [4.78, 5) is 42.5. The summed E-state index contributed by atoms with van der Waals surface area (Å²) in [6.45, 7) is 15.3. The lowest BCUT2D eigenvalue weighted by Gasteiger charge is -2.21. The highest BCUT2D eigenvalue weighted by molar-refractivity contribution is 5.98. The van der Waals surface area contributed by atoms with E-state index >= 15 is 0 Å². The summed E-state index contributed by atoms with van der Waals surface area (Å²) < 4.78 is 66.1. The van der Waals surface area contributed by atoms with E-state index in [0.717, 1.165) is 57.9 Å². The van der Waals surface area contributed by atoms with Crippen molar-refractivity contribution in [1.29, 1.82) is 0 Å². The molecule has 2 amide bonds. The van der Waals surface area contributed by atoms with Crippen LogP contribution in [0.1, 0.15) is 93.1 Å². The van der Waals surface area contributed by atoms with E-state index in [4.69, 9.17) is 0 Å². The van der Waals surface area contributed by atoms with Gasteiger partial charge in [-0.1, -0.05) is 32.0 Å². The monoisotopic (exact) mass is 822 g/mol. The summed E-state index contributed by atoms with van der Waals surface area (Å²) in [5.41, 5.74) is 6.25. The molecule has 0 bridgehead atoms. The summed E-state index contributed by atoms with van der Waals surface area (Å²) >= 11 is 0. The highest BCUT2D eigenvalue weighted by atomic mass is 19.4. The predicted octanol–water partition coefficient (Wildman–Crippen LogP) is 11.1. The molecule has 0 saturated carbocycles. The van der Waals surface area contributed by atoms with Crippen LogP contribution in [0.2, 0.25) is 0 Å². The van der Waals surface area contributed by atoms with Crippen LogP contribution in [-0.4, -0.2) is 42.8 Å². The number of nitrogens with one attached hydrogen (secondary N) is 2. The fraction of sp³-hybridized carbons (Fsp3) is 0.277. The number of benzene rings is 4. The molecule has 0 aliphatic rings. The van der Waals surface area contributed by atoms with Crippen molar-refractivity contribution in [3.05, 3.63) is 144 Å². The number of carbonyl (C=O) groups is 2. The van der Waals surface area contributed by atoms with Gasteiger partial charge in [0.25, 0.3) is 11.8 Å². The van der Waals surface area contributed by atoms with Crippen LogP contribution in [-0.2, 0) is 19.0 Å². The molecule has 60 heavy (non-hydrogen) atoms. The number of nitrogens with zero attached hydrogens (tertiary/aromatic N) is 4. The molecule has 312 valence electrons. The normalized spacial score (nSPS) is 11.7. The Morgan fingerprint density at radius 1 is 0.533 bits per heavy atom. The maximum absolute atomic E-state index is 13.8. The molecule has 0 aliphatic heterocycles. The lowest BCUT2D eigenvalue weighted by atomic mass is 9.94. The Kier molecular flexibility index (Phi) is 13.6. The Morgan fingerprint density at radius 3 is 1.35 bits per heavy atom. The van der Waals surface area contributed by atoms with E-state index in [0.29, 0.717) is 46.2 Å². The van der Waals surface area contributed by atoms with Gasteiger partial charge in [0.15, 0.2) is 11.6 Å². The first-order valence-corrected chi connectivity index (χ1v) is 19.3. The molecule has 0 fully saturated rings. The first-order valence-electron chi connectivity index (χ1n) is 19.3. The minimum Gasteiger partial charge on any atom is -0.347 e. The molecule has 0 radical (unpaired) electrons. The third kappa shape index (κ3) is 11.6. The Labute approximate surface area is 346 Å². The van der Waals surface area contributed by atoms with Gasteiger partial charge in [0, 0.05) is 45.7 Å². The zero-order valence-electron chi connectivity index (χ0n) is 34.7. The SMILES string of the molecule is CCc1ncncc1-c1cc(C(=O)NC(C)(C)C)cc(-c2ccc(C(F)(F)F)cc2)c1.CCc1ncncc1-c1cc(C(=O)NC(C)(C)C)cc(-c2ccc(F)c(F)c2)c1. The van der Waals surface area contributed by atoms with Gasteiger partial charge in [-0.2, -0.15) is 13.2 Å². The zero-order valence-corrected chi connectivity index (χ0v) is 34.7. The molecule has 0 unspecified atom stereocenters. The fourth-order valence-electron chi connectivity index (χ4n) is 6.27. The van der Waals surface area contributed by atoms with Crippen LogP contribution in [0.15, 0.2) is 104 Å². The van der Waals surface area contributed by atoms with Crippen LogP contribution in [0.4, 0.5) is 22.0 Å². The smallest absolute Gasteiger partial charge is 0.347 e. The lowest BCUT2D eigenvalue weighted by Crippen LogP contribution is -2.40. The predicted molar refractivity (Wildman–Crippen MR) is 224 cm³/mol. The van der Waals surface area contributed by atoms with Crippen molar-refractivity contribution >= 4 is 11.8 Å². The zero-order chi connectivity index (χ0) is 44.0. The summed E-state index contributed by atoms with van der Waals surface area (Å²) in [5, 5.41) is 5.87. The first kappa shape index (κ1) is 44.7. The molecule has 0 saturated heterocycles. The molecule has 13 heteroatoms. The molecular weight excluding hydrogens is 776 g/mol. The molecule has 0 atom stereocenters. The molecule has 0 aliphatic carbocycles. The Hall–Kier alpha value is -6.37. The molecule has 6 rings (SSSR count). The van der Waals surface area contributed by atoms with E-state index in [-0.39, 0.29) is 11.8 Å². The van der Waals surface area contributed by atoms with Crippen LogP contribution in [0.25, 0.3) is 44.5 Å². The number of carbonyl (C=O) groups excluding carboxylic acids is 2. The Bertz CT molecular complexity index is 2490. The van der Waals surface area contributed by atoms with Gasteiger partial charge in [-0.3, -0.25) is 9.59 Å². The van der Waals surface area contributed by atoms with Crippen molar-refractivity contribution in [2.75, 3.05) is 0 Å². The summed E-state index contributed by atoms with van der Waals surface area (Å²) in [6.07, 6.45) is 3.28. The number of aromatic nitrogens is 4. The third-order valence-electron chi connectivity index (χ3n) is 9.05. The largest absolute Gasteiger partial charge is 0.416 e. The fourth-order valence-corrected chi connectivity index (χ4v) is 6.27. The highest BCUT2D eigenvalue weighted by Crippen LogP contribution is 2.34. The van der Waals surface area contributed by atoms with Crippen molar-refractivity contribution in [2.24, 2.45) is 0 Å². The number of alkyl halides is 3. The van der Waals surface area contributed by atoms with Gasteiger partial charge in [-0.25, -0.2) is 28.7 Å². The van der Waals surface area contributed by atoms with Crippen molar-refractivity contribution in [3.8, 4) is 44.5 Å². The van der Waals surface area contributed by atoms with Crippen molar-refractivity contribution in [3.63, 3.8) is 0 Å². The minimum absolute atomic E-state index is 0.252. The van der Waals surface area contributed by atoms with Gasteiger partial charge in [-0.15, -0.1) is 0 Å². The number of rotatable bonds is 8. The molecular formula is C47H47F5N6O2. The maximum Gasteiger partial charge on any atom is 0.416 e. The second kappa shape index (κ2) is 18.3. The maximum atomic E-state index is 13.8. The van der Waals surface area contributed by atoms with Crippen LogP contribution in [0, 0.1) is 11.6 Å². The van der Waals surface area contributed by atoms with Crippen molar-refractivity contribution < 1.29 is 31.5 Å². The van der Waals surface area contributed by atoms with Crippen LogP contribution < -0.4 is 10.6 Å². The van der Waals surface area contributed by atoms with Gasteiger partial charge in [0.2, 0.25) is 0 Å². The average molecular weight is 823 g/mol. The number of aryl methyl sites for hydroxylation is 2. The summed E-state index contributed by atoms with van der Waals surface area (Å²) in [7, 11) is 0. The average Bonchev–Trinajstić information content (AvgIpc) is 3.20. The molecule has 0 spiro atoms. The third-order valence-corrected chi connectivity index (χ3v) is 9.05. The molecule has 6 aromatic rings. The number of halogens is 5. The van der Waals surface area contributed by atoms with Crippen LogP contribution >= 0.6 is 0 Å². The molecule has 8 nitrogen and oxygen atoms in total. The molecule has 4 aromatic carbocycles. The lowest BCUT2D eigenvalue weighted by molar-refractivity contribution is -0.137. The van der Waals surface area contributed by atoms with Gasteiger partial charge in [-0.05, 0) is 148 Å². The Morgan fingerprint density at radius 2 is 0.950 bits per heavy atom. The van der Waals surface area contributed by atoms with Crippen molar-refractivity contribution in [2.45, 2.75) is 85.5 Å². The van der Waals surface area contributed by atoms with Gasteiger partial charge >= 0.3 is 6.18 Å². The van der Waals surface area contributed by atoms with E-state index < -0.39 is 34.5 Å². The summed E-state index contributed by atoms with van der Waals surface area (Å²) in [6, 6.07) is 19.2. The molecule has 2 N–H and O–H groups in total. The second-order valence-corrected chi connectivity index (χ2v) is 16.2. The van der Waals surface area contributed by atoms with Crippen LogP contribution in [0.3, 0.4) is 0 Å². The molecule has 2 heterocycles. The quantitative estimate of drug-likeness (QED) is 0.148. The number of hydrogen-bond acceptors (Lipinski definition) is 6. The standard InChI is InChI=1S/C24H24F3N3O.C23H23F2N3O/c1-5-21-20(13-28-14-29-21)17-10-16(11-18(12-17)22(31)30-23(2,3)4)15-6-8-19(9-7-15)24(25,26)27;1-5-21-18(12-26-13-27-21)16-8-15(14-6-7-19(24)20(25)11-14)9-17(10-16)22(29)28-23(2,3)4/h6-14H,5H2,1-4H3,(H,30,31);6-13H,5H2,1-4H3,(H,28,29). The van der Waals surface area contributed by atoms with E-state index in [1.54, 1.807) is 36.7 Å². The van der Waals surface area contributed by atoms with Gasteiger partial charge < -0.3 is 10.6 Å². The topological polar surface area (TPSA) is 110 Å². The van der Waals surface area contributed by atoms with Gasteiger partial charge in [0.1, 0.15) is 12.7 Å². The van der Waals surface area contributed by atoms with Crippen LogP contribution in [0.5, 0.6) is 0 Å².